The second-order valence-corrected chi connectivity index (χ2v) is 2.54. The molecule has 0 spiro atoms. The zero-order valence-corrected chi connectivity index (χ0v) is 6.93. The highest BCUT2D eigenvalue weighted by atomic mass is 19.4. The first-order chi connectivity index (χ1) is 5.97. The fraction of sp³-hybridized carbons (Fsp3) is 0.375. The molecule has 72 valence electrons. The predicted molar refractivity (Wildman–Crippen MR) is 40.5 cm³/mol. The van der Waals surface area contributed by atoms with Crippen LogP contribution in [0.4, 0.5) is 13.2 Å². The van der Waals surface area contributed by atoms with E-state index in [9.17, 15) is 13.2 Å². The molecule has 0 N–H and O–H groups in total. The maximum atomic E-state index is 11.7. The quantitative estimate of drug-likeness (QED) is 0.715. The van der Waals surface area contributed by atoms with Gasteiger partial charge in [0.15, 0.2) is 6.61 Å². The maximum absolute atomic E-state index is 11.7. The second kappa shape index (κ2) is 3.64. The van der Waals surface area contributed by atoms with E-state index in [0.29, 0.717) is 0 Å². The van der Waals surface area contributed by atoms with Crippen molar-refractivity contribution in [2.45, 2.75) is 13.1 Å². The molecule has 1 heterocycles. The van der Waals surface area contributed by atoms with Crippen LogP contribution in [-0.4, -0.2) is 17.8 Å². The number of ether oxygens (including phenoxy) is 1. The summed E-state index contributed by atoms with van der Waals surface area (Å²) in [7, 11) is 0. The van der Waals surface area contributed by atoms with Gasteiger partial charge >= 0.3 is 6.18 Å². The van der Waals surface area contributed by atoms with E-state index in [1.807, 2.05) is 0 Å². The van der Waals surface area contributed by atoms with Crippen LogP contribution in [0.25, 0.3) is 0 Å². The standard InChI is InChI=1S/C8H8F3NO/c1-6-2-3-7(4-12-6)13-5-8(9,10)11/h2-4H,5H2,1H3. The zero-order chi connectivity index (χ0) is 9.90. The van der Waals surface area contributed by atoms with Gasteiger partial charge in [-0.3, -0.25) is 4.98 Å². The topological polar surface area (TPSA) is 22.1 Å². The summed E-state index contributed by atoms with van der Waals surface area (Å²) in [5.74, 6) is 0.128. The summed E-state index contributed by atoms with van der Waals surface area (Å²) in [6, 6.07) is 3.04. The first-order valence-electron chi connectivity index (χ1n) is 3.59. The molecular weight excluding hydrogens is 183 g/mol. The fourth-order valence-electron chi connectivity index (χ4n) is 0.705. The lowest BCUT2D eigenvalue weighted by atomic mass is 10.4. The van der Waals surface area contributed by atoms with E-state index in [1.165, 1.54) is 12.3 Å². The van der Waals surface area contributed by atoms with E-state index in [-0.39, 0.29) is 5.75 Å². The highest BCUT2D eigenvalue weighted by molar-refractivity contribution is 5.19. The van der Waals surface area contributed by atoms with Gasteiger partial charge in [0, 0.05) is 5.69 Å². The Morgan fingerprint density at radius 1 is 1.38 bits per heavy atom. The lowest BCUT2D eigenvalue weighted by Crippen LogP contribution is -2.19. The molecule has 5 heteroatoms. The zero-order valence-electron chi connectivity index (χ0n) is 6.93. The molecule has 0 atom stereocenters. The monoisotopic (exact) mass is 191 g/mol. The summed E-state index contributed by atoms with van der Waals surface area (Å²) < 4.78 is 39.5. The first-order valence-corrected chi connectivity index (χ1v) is 3.59. The third-order valence-electron chi connectivity index (χ3n) is 1.29. The highest BCUT2D eigenvalue weighted by Crippen LogP contribution is 2.17. The van der Waals surface area contributed by atoms with Crippen LogP contribution in [0.2, 0.25) is 0 Å². The van der Waals surface area contributed by atoms with Crippen LogP contribution >= 0.6 is 0 Å². The molecule has 0 fully saturated rings. The Labute approximate surface area is 73.4 Å². The van der Waals surface area contributed by atoms with E-state index in [2.05, 4.69) is 9.72 Å². The van der Waals surface area contributed by atoms with Gasteiger partial charge in [0.05, 0.1) is 6.20 Å². The van der Waals surface area contributed by atoms with Gasteiger partial charge in [0.2, 0.25) is 0 Å². The number of nitrogens with zero attached hydrogens (tertiary/aromatic N) is 1. The minimum absolute atomic E-state index is 0.128. The van der Waals surface area contributed by atoms with Crippen molar-refractivity contribution in [2.75, 3.05) is 6.61 Å². The van der Waals surface area contributed by atoms with Crippen molar-refractivity contribution in [1.29, 1.82) is 0 Å². The minimum atomic E-state index is -4.30. The number of halogens is 3. The average molecular weight is 191 g/mol. The molecule has 0 saturated carbocycles. The number of alkyl halides is 3. The molecule has 0 aliphatic carbocycles. The van der Waals surface area contributed by atoms with Gasteiger partial charge in [-0.25, -0.2) is 0 Å². The average Bonchev–Trinajstić information content (AvgIpc) is 2.02. The Balaban J connectivity index is 2.51. The summed E-state index contributed by atoms with van der Waals surface area (Å²) in [4.78, 5) is 3.79. The summed E-state index contributed by atoms with van der Waals surface area (Å²) in [5, 5.41) is 0. The molecule has 0 aliphatic rings. The van der Waals surface area contributed by atoms with Gasteiger partial charge in [-0.2, -0.15) is 13.2 Å². The lowest BCUT2D eigenvalue weighted by molar-refractivity contribution is -0.153. The van der Waals surface area contributed by atoms with Crippen LogP contribution in [0, 0.1) is 6.92 Å². The summed E-state index contributed by atoms with van der Waals surface area (Å²) in [5.41, 5.74) is 0.736. The van der Waals surface area contributed by atoms with Crippen molar-refractivity contribution in [1.82, 2.24) is 4.98 Å². The van der Waals surface area contributed by atoms with E-state index in [4.69, 9.17) is 0 Å². The maximum Gasteiger partial charge on any atom is 0.422 e. The van der Waals surface area contributed by atoms with Crippen LogP contribution in [-0.2, 0) is 0 Å². The Morgan fingerprint density at radius 3 is 2.54 bits per heavy atom. The van der Waals surface area contributed by atoms with Crippen LogP contribution in [0.3, 0.4) is 0 Å². The van der Waals surface area contributed by atoms with Crippen molar-refractivity contribution in [2.24, 2.45) is 0 Å². The molecule has 0 aromatic carbocycles. The van der Waals surface area contributed by atoms with Crippen molar-refractivity contribution in [3.05, 3.63) is 24.0 Å². The number of aromatic nitrogens is 1. The predicted octanol–water partition coefficient (Wildman–Crippen LogP) is 2.33. The van der Waals surface area contributed by atoms with Crippen molar-refractivity contribution in [3.8, 4) is 5.75 Å². The van der Waals surface area contributed by atoms with Crippen LogP contribution in [0.1, 0.15) is 5.69 Å². The number of pyridine rings is 1. The molecule has 0 saturated heterocycles. The van der Waals surface area contributed by atoms with E-state index < -0.39 is 12.8 Å². The fourth-order valence-corrected chi connectivity index (χ4v) is 0.705. The minimum Gasteiger partial charge on any atom is -0.483 e. The molecule has 0 amide bonds. The SMILES string of the molecule is Cc1ccc(OCC(F)(F)F)cn1. The Bertz CT molecular complexity index is 268. The van der Waals surface area contributed by atoms with Gasteiger partial charge < -0.3 is 4.74 Å². The molecule has 2 nitrogen and oxygen atoms in total. The number of hydrogen-bond donors (Lipinski definition) is 0. The lowest BCUT2D eigenvalue weighted by Gasteiger charge is -2.08. The molecule has 1 rings (SSSR count). The van der Waals surface area contributed by atoms with Crippen molar-refractivity contribution in [3.63, 3.8) is 0 Å². The molecule has 1 aromatic heterocycles. The van der Waals surface area contributed by atoms with E-state index in [1.54, 1.807) is 13.0 Å². The molecule has 0 aliphatic heterocycles. The third kappa shape index (κ3) is 3.78. The molecule has 1 aromatic rings. The normalized spacial score (nSPS) is 11.4. The summed E-state index contributed by atoms with van der Waals surface area (Å²) in [6.45, 7) is 0.464. The highest BCUT2D eigenvalue weighted by Gasteiger charge is 2.28. The number of hydrogen-bond acceptors (Lipinski definition) is 2. The van der Waals surface area contributed by atoms with E-state index in [0.717, 1.165) is 5.69 Å². The smallest absolute Gasteiger partial charge is 0.422 e. The first kappa shape index (κ1) is 9.83. The molecule has 0 radical (unpaired) electrons. The molecule has 13 heavy (non-hydrogen) atoms. The van der Waals surface area contributed by atoms with Crippen molar-refractivity contribution < 1.29 is 17.9 Å². The second-order valence-electron chi connectivity index (χ2n) is 2.54. The van der Waals surface area contributed by atoms with Crippen LogP contribution in [0.5, 0.6) is 5.75 Å². The van der Waals surface area contributed by atoms with Crippen molar-refractivity contribution >= 4 is 0 Å². The molecule has 0 unspecified atom stereocenters. The van der Waals surface area contributed by atoms with Gasteiger partial charge in [0.1, 0.15) is 5.75 Å². The largest absolute Gasteiger partial charge is 0.483 e. The Morgan fingerprint density at radius 2 is 2.08 bits per heavy atom. The van der Waals surface area contributed by atoms with Crippen LogP contribution < -0.4 is 4.74 Å². The van der Waals surface area contributed by atoms with E-state index >= 15 is 0 Å². The number of rotatable bonds is 2. The summed E-state index contributed by atoms with van der Waals surface area (Å²) >= 11 is 0. The Hall–Kier alpha value is -1.26. The van der Waals surface area contributed by atoms with Gasteiger partial charge in [0.25, 0.3) is 0 Å². The third-order valence-corrected chi connectivity index (χ3v) is 1.29. The van der Waals surface area contributed by atoms with Gasteiger partial charge in [-0.15, -0.1) is 0 Å². The van der Waals surface area contributed by atoms with Crippen LogP contribution in [0.15, 0.2) is 18.3 Å². The van der Waals surface area contributed by atoms with Gasteiger partial charge in [-0.05, 0) is 19.1 Å². The molecule has 0 bridgehead atoms. The van der Waals surface area contributed by atoms with Gasteiger partial charge in [-0.1, -0.05) is 0 Å². The Kier molecular flexibility index (Phi) is 2.75. The summed E-state index contributed by atoms with van der Waals surface area (Å²) in [6.07, 6.45) is -3.04. The number of aryl methyl sites for hydroxylation is 1. The molecular formula is C8H8F3NO.